The summed E-state index contributed by atoms with van der Waals surface area (Å²) in [5, 5.41) is 6.06. The summed E-state index contributed by atoms with van der Waals surface area (Å²) in [4.78, 5) is 12.3. The Morgan fingerprint density at radius 1 is 1.38 bits per heavy atom. The minimum absolute atomic E-state index is 0.118. The van der Waals surface area contributed by atoms with Crippen LogP contribution in [0, 0.1) is 12.7 Å². The summed E-state index contributed by atoms with van der Waals surface area (Å²) in [6, 6.07) is 10.6. The smallest absolute Gasteiger partial charge is 0.247 e. The third-order valence-electron chi connectivity index (χ3n) is 3.61. The highest BCUT2D eigenvalue weighted by atomic mass is 79.9. The third-order valence-corrected chi connectivity index (χ3v) is 4.22. The number of benzene rings is 2. The predicted molar refractivity (Wildman–Crippen MR) is 85.0 cm³/mol. The molecule has 0 saturated carbocycles. The molecule has 21 heavy (non-hydrogen) atoms. The first-order chi connectivity index (χ1) is 10.0. The van der Waals surface area contributed by atoms with Gasteiger partial charge in [-0.05, 0) is 52.2 Å². The molecule has 0 aromatic heterocycles. The lowest BCUT2D eigenvalue weighted by molar-refractivity contribution is -0.116. The maximum atomic E-state index is 13.4. The van der Waals surface area contributed by atoms with E-state index in [4.69, 9.17) is 0 Å². The molecule has 1 aliphatic rings. The van der Waals surface area contributed by atoms with Gasteiger partial charge in [0.25, 0.3) is 0 Å². The maximum absolute atomic E-state index is 13.4. The molecule has 2 N–H and O–H groups in total. The van der Waals surface area contributed by atoms with Crippen molar-refractivity contribution in [2.45, 2.75) is 19.4 Å². The lowest BCUT2D eigenvalue weighted by atomic mass is 10.1. The number of nitrogens with one attached hydrogen (secondary N) is 2. The van der Waals surface area contributed by atoms with Gasteiger partial charge >= 0.3 is 0 Å². The molecule has 0 radical (unpaired) electrons. The van der Waals surface area contributed by atoms with Crippen LogP contribution >= 0.6 is 15.9 Å². The van der Waals surface area contributed by atoms with Crippen molar-refractivity contribution in [3.05, 3.63) is 57.8 Å². The number of halogens is 2. The number of fused-ring (bicyclic) bond motifs is 1. The fraction of sp³-hybridized carbons (Fsp3) is 0.188. The van der Waals surface area contributed by atoms with E-state index in [9.17, 15) is 9.18 Å². The van der Waals surface area contributed by atoms with Crippen LogP contribution in [0.15, 0.2) is 40.9 Å². The number of anilines is 2. The Kier molecular flexibility index (Phi) is 3.68. The van der Waals surface area contributed by atoms with E-state index in [0.717, 1.165) is 11.3 Å². The Balaban J connectivity index is 1.75. The summed E-state index contributed by atoms with van der Waals surface area (Å²) >= 11 is 3.14. The van der Waals surface area contributed by atoms with E-state index in [1.807, 2.05) is 24.3 Å². The van der Waals surface area contributed by atoms with Crippen molar-refractivity contribution in [2.75, 3.05) is 10.6 Å². The second kappa shape index (κ2) is 5.48. The first-order valence-electron chi connectivity index (χ1n) is 6.65. The summed E-state index contributed by atoms with van der Waals surface area (Å²) in [5.41, 5.74) is 3.44. The molecule has 0 spiro atoms. The summed E-state index contributed by atoms with van der Waals surface area (Å²) in [6.07, 6.45) is 0.656. The van der Waals surface area contributed by atoms with Crippen LogP contribution in [0.5, 0.6) is 0 Å². The van der Waals surface area contributed by atoms with Gasteiger partial charge in [-0.2, -0.15) is 0 Å². The Hall–Kier alpha value is -1.88. The number of carbonyl (C=O) groups excluding carboxylic acids is 1. The SMILES string of the molecule is Cc1cc(F)c(Br)cc1NC(=O)C1Cc2ccccc2N1. The van der Waals surface area contributed by atoms with Crippen LogP contribution < -0.4 is 10.6 Å². The predicted octanol–water partition coefficient (Wildman–Crippen LogP) is 3.87. The van der Waals surface area contributed by atoms with Gasteiger partial charge in [-0.3, -0.25) is 4.79 Å². The van der Waals surface area contributed by atoms with Crippen LogP contribution in [0.25, 0.3) is 0 Å². The van der Waals surface area contributed by atoms with Gasteiger partial charge in [-0.15, -0.1) is 0 Å². The van der Waals surface area contributed by atoms with Crippen molar-refractivity contribution < 1.29 is 9.18 Å². The molecule has 1 aliphatic heterocycles. The van der Waals surface area contributed by atoms with E-state index in [1.165, 1.54) is 6.07 Å². The van der Waals surface area contributed by atoms with Gasteiger partial charge in [0.05, 0.1) is 4.47 Å². The molecule has 1 atom stereocenters. The van der Waals surface area contributed by atoms with Gasteiger partial charge < -0.3 is 10.6 Å². The summed E-state index contributed by atoms with van der Waals surface area (Å²) in [6.45, 7) is 1.77. The Bertz CT molecular complexity index is 692. The van der Waals surface area contributed by atoms with Crippen molar-refractivity contribution in [3.63, 3.8) is 0 Å². The maximum Gasteiger partial charge on any atom is 0.247 e. The van der Waals surface area contributed by atoms with Crippen molar-refractivity contribution in [1.82, 2.24) is 0 Å². The second-order valence-corrected chi connectivity index (χ2v) is 5.98. The largest absolute Gasteiger partial charge is 0.373 e. The van der Waals surface area contributed by atoms with Crippen molar-refractivity contribution >= 4 is 33.2 Å². The zero-order valence-corrected chi connectivity index (χ0v) is 13.0. The standard InChI is InChI=1S/C16H14BrFN2O/c1-9-6-12(18)11(17)8-14(9)20-16(21)15-7-10-4-2-3-5-13(10)19-15/h2-6,8,15,19H,7H2,1H3,(H,20,21). The van der Waals surface area contributed by atoms with Crippen molar-refractivity contribution in [3.8, 4) is 0 Å². The highest BCUT2D eigenvalue weighted by Crippen LogP contribution is 2.27. The van der Waals surface area contributed by atoms with Gasteiger partial charge in [0, 0.05) is 17.8 Å². The minimum atomic E-state index is -0.336. The number of hydrogen-bond donors (Lipinski definition) is 2. The second-order valence-electron chi connectivity index (χ2n) is 5.13. The zero-order chi connectivity index (χ0) is 15.0. The first-order valence-corrected chi connectivity index (χ1v) is 7.45. The molecule has 5 heteroatoms. The van der Waals surface area contributed by atoms with Gasteiger partial charge in [-0.1, -0.05) is 18.2 Å². The summed E-state index contributed by atoms with van der Waals surface area (Å²) in [5.74, 6) is -0.454. The molecule has 1 amide bonds. The first kappa shape index (κ1) is 14.1. The van der Waals surface area contributed by atoms with Crippen LogP contribution in [0.3, 0.4) is 0 Å². The monoisotopic (exact) mass is 348 g/mol. The quantitative estimate of drug-likeness (QED) is 0.864. The van der Waals surface area contributed by atoms with Gasteiger partial charge in [0.15, 0.2) is 0 Å². The van der Waals surface area contributed by atoms with Crippen molar-refractivity contribution in [2.24, 2.45) is 0 Å². The van der Waals surface area contributed by atoms with Crippen LogP contribution in [0.1, 0.15) is 11.1 Å². The minimum Gasteiger partial charge on any atom is -0.373 e. The molecular weight excluding hydrogens is 335 g/mol. The van der Waals surface area contributed by atoms with E-state index >= 15 is 0 Å². The Labute approximate surface area is 130 Å². The molecule has 3 nitrogen and oxygen atoms in total. The normalized spacial score (nSPS) is 16.2. The topological polar surface area (TPSA) is 41.1 Å². The number of para-hydroxylation sites is 1. The molecule has 1 heterocycles. The molecule has 3 rings (SSSR count). The number of hydrogen-bond acceptors (Lipinski definition) is 2. The average Bonchev–Trinajstić information content (AvgIpc) is 2.88. The molecule has 1 unspecified atom stereocenters. The molecule has 108 valence electrons. The Morgan fingerprint density at radius 2 is 2.14 bits per heavy atom. The van der Waals surface area contributed by atoms with Crippen LogP contribution in [-0.2, 0) is 11.2 Å². The zero-order valence-electron chi connectivity index (χ0n) is 11.4. The van der Waals surface area contributed by atoms with E-state index < -0.39 is 0 Å². The fourth-order valence-corrected chi connectivity index (χ4v) is 2.80. The summed E-state index contributed by atoms with van der Waals surface area (Å²) in [7, 11) is 0. The molecule has 2 aromatic carbocycles. The number of amides is 1. The highest BCUT2D eigenvalue weighted by molar-refractivity contribution is 9.10. The molecule has 0 saturated heterocycles. The summed E-state index contributed by atoms with van der Waals surface area (Å²) < 4.78 is 13.7. The number of rotatable bonds is 2. The molecule has 2 aromatic rings. The van der Waals surface area contributed by atoms with E-state index in [0.29, 0.717) is 22.1 Å². The molecule has 0 bridgehead atoms. The van der Waals surface area contributed by atoms with Crippen molar-refractivity contribution in [1.29, 1.82) is 0 Å². The van der Waals surface area contributed by atoms with Crippen LogP contribution in [0.2, 0.25) is 0 Å². The van der Waals surface area contributed by atoms with E-state index in [1.54, 1.807) is 13.0 Å². The lowest BCUT2D eigenvalue weighted by Crippen LogP contribution is -2.33. The van der Waals surface area contributed by atoms with Crippen LogP contribution in [0.4, 0.5) is 15.8 Å². The number of aryl methyl sites for hydroxylation is 1. The van der Waals surface area contributed by atoms with Gasteiger partial charge in [0.1, 0.15) is 11.9 Å². The molecular formula is C16H14BrFN2O. The Morgan fingerprint density at radius 3 is 2.90 bits per heavy atom. The fourth-order valence-electron chi connectivity index (χ4n) is 2.46. The third kappa shape index (κ3) is 2.78. The van der Waals surface area contributed by atoms with Gasteiger partial charge in [0.2, 0.25) is 5.91 Å². The van der Waals surface area contributed by atoms with E-state index in [2.05, 4.69) is 26.6 Å². The van der Waals surface area contributed by atoms with E-state index in [-0.39, 0.29) is 17.8 Å². The lowest BCUT2D eigenvalue weighted by Gasteiger charge is -2.14. The molecule has 0 aliphatic carbocycles. The number of carbonyl (C=O) groups is 1. The molecule has 0 fully saturated rings. The highest BCUT2D eigenvalue weighted by Gasteiger charge is 2.26. The average molecular weight is 349 g/mol. The van der Waals surface area contributed by atoms with Crippen LogP contribution in [-0.4, -0.2) is 11.9 Å². The van der Waals surface area contributed by atoms with Gasteiger partial charge in [-0.25, -0.2) is 4.39 Å².